The second-order valence-corrected chi connectivity index (χ2v) is 4.58. The monoisotopic (exact) mass is 239 g/mol. The number of nitrogens with one attached hydrogen (secondary N) is 1. The fourth-order valence-corrected chi connectivity index (χ4v) is 2.21. The topological polar surface area (TPSA) is 64.9 Å². The molecule has 0 saturated carbocycles. The summed E-state index contributed by atoms with van der Waals surface area (Å²) >= 11 is 0. The van der Waals surface area contributed by atoms with Crippen LogP contribution in [0.3, 0.4) is 0 Å². The van der Waals surface area contributed by atoms with Crippen LogP contribution in [-0.2, 0) is 18.2 Å². The molecule has 1 aromatic rings. The van der Waals surface area contributed by atoms with Crippen LogP contribution in [0.5, 0.6) is 0 Å². The highest BCUT2D eigenvalue weighted by molar-refractivity contribution is 4.89. The van der Waals surface area contributed by atoms with E-state index in [0.717, 1.165) is 44.8 Å². The minimum atomic E-state index is 0.404. The van der Waals surface area contributed by atoms with Crippen LogP contribution in [0.25, 0.3) is 0 Å². The third kappa shape index (κ3) is 3.47. The standard InChI is InChI=1S/C11H21N5O/c1-3-5-12-10(9-4-6-17-8-9)7-11-13-15-16(2)14-11/h9-10,12H,3-8H2,1-2H3. The Kier molecular flexibility index (Phi) is 4.44. The molecule has 0 spiro atoms. The highest BCUT2D eigenvalue weighted by Gasteiger charge is 2.26. The SMILES string of the molecule is CCCNC(Cc1nnn(C)n1)C1CCOC1. The lowest BCUT2D eigenvalue weighted by Gasteiger charge is -2.22. The molecule has 0 aliphatic carbocycles. The third-order valence-electron chi connectivity index (χ3n) is 3.14. The molecule has 0 aromatic carbocycles. The maximum atomic E-state index is 5.46. The van der Waals surface area contributed by atoms with Crippen LogP contribution in [0.2, 0.25) is 0 Å². The largest absolute Gasteiger partial charge is 0.381 e. The predicted octanol–water partition coefficient (Wildman–Crippen LogP) is 0.157. The summed E-state index contributed by atoms with van der Waals surface area (Å²) in [7, 11) is 1.80. The van der Waals surface area contributed by atoms with E-state index in [1.165, 1.54) is 4.80 Å². The number of rotatable bonds is 6. The van der Waals surface area contributed by atoms with Gasteiger partial charge >= 0.3 is 0 Å². The molecule has 2 unspecified atom stereocenters. The average Bonchev–Trinajstić information content (AvgIpc) is 2.95. The maximum absolute atomic E-state index is 5.46. The first-order valence-corrected chi connectivity index (χ1v) is 6.33. The summed E-state index contributed by atoms with van der Waals surface area (Å²) in [6.45, 7) is 4.93. The van der Waals surface area contributed by atoms with E-state index in [9.17, 15) is 0 Å². The Labute approximate surface area is 102 Å². The van der Waals surface area contributed by atoms with Gasteiger partial charge in [-0.3, -0.25) is 0 Å². The first-order chi connectivity index (χ1) is 8.29. The Morgan fingerprint density at radius 1 is 1.59 bits per heavy atom. The van der Waals surface area contributed by atoms with Crippen molar-refractivity contribution in [3.8, 4) is 0 Å². The number of ether oxygens (including phenoxy) is 1. The highest BCUT2D eigenvalue weighted by Crippen LogP contribution is 2.18. The van der Waals surface area contributed by atoms with Gasteiger partial charge in [-0.25, -0.2) is 0 Å². The molecule has 2 rings (SSSR count). The van der Waals surface area contributed by atoms with Gasteiger partial charge in [0.2, 0.25) is 0 Å². The normalized spacial score (nSPS) is 21.9. The van der Waals surface area contributed by atoms with E-state index >= 15 is 0 Å². The van der Waals surface area contributed by atoms with E-state index in [1.54, 1.807) is 7.05 Å². The molecule has 2 atom stereocenters. The summed E-state index contributed by atoms with van der Waals surface area (Å²) in [4.78, 5) is 1.51. The molecule has 1 fully saturated rings. The van der Waals surface area contributed by atoms with Crippen molar-refractivity contribution in [3.05, 3.63) is 5.82 Å². The van der Waals surface area contributed by atoms with Crippen LogP contribution in [0.15, 0.2) is 0 Å². The molecule has 2 heterocycles. The van der Waals surface area contributed by atoms with Gasteiger partial charge in [-0.05, 0) is 24.6 Å². The zero-order valence-electron chi connectivity index (χ0n) is 10.6. The van der Waals surface area contributed by atoms with E-state index in [1.807, 2.05) is 0 Å². The van der Waals surface area contributed by atoms with Crippen LogP contribution >= 0.6 is 0 Å². The van der Waals surface area contributed by atoms with Gasteiger partial charge in [0.25, 0.3) is 0 Å². The molecule has 0 radical (unpaired) electrons. The van der Waals surface area contributed by atoms with Crippen molar-refractivity contribution in [1.29, 1.82) is 0 Å². The fraction of sp³-hybridized carbons (Fsp3) is 0.909. The van der Waals surface area contributed by atoms with Crippen LogP contribution in [0.4, 0.5) is 0 Å². The number of tetrazole rings is 1. The number of hydrogen-bond donors (Lipinski definition) is 1. The van der Waals surface area contributed by atoms with E-state index < -0.39 is 0 Å². The van der Waals surface area contributed by atoms with Crippen molar-refractivity contribution in [2.45, 2.75) is 32.2 Å². The number of aryl methyl sites for hydroxylation is 1. The summed E-state index contributed by atoms with van der Waals surface area (Å²) in [6, 6.07) is 0.404. The number of nitrogens with zero attached hydrogens (tertiary/aromatic N) is 4. The zero-order chi connectivity index (χ0) is 12.1. The summed E-state index contributed by atoms with van der Waals surface area (Å²) in [6.07, 6.45) is 3.10. The van der Waals surface area contributed by atoms with Gasteiger partial charge in [0.05, 0.1) is 13.7 Å². The maximum Gasteiger partial charge on any atom is 0.176 e. The summed E-state index contributed by atoms with van der Waals surface area (Å²) in [5.41, 5.74) is 0. The fourth-order valence-electron chi connectivity index (χ4n) is 2.21. The predicted molar refractivity (Wildman–Crippen MR) is 63.5 cm³/mol. The lowest BCUT2D eigenvalue weighted by atomic mass is 9.96. The summed E-state index contributed by atoms with van der Waals surface area (Å²) in [5, 5.41) is 15.7. The van der Waals surface area contributed by atoms with Crippen molar-refractivity contribution in [2.75, 3.05) is 19.8 Å². The van der Waals surface area contributed by atoms with E-state index in [-0.39, 0.29) is 0 Å². The van der Waals surface area contributed by atoms with Gasteiger partial charge < -0.3 is 10.1 Å². The van der Waals surface area contributed by atoms with Crippen molar-refractivity contribution < 1.29 is 4.74 Å². The second-order valence-electron chi connectivity index (χ2n) is 4.58. The van der Waals surface area contributed by atoms with Gasteiger partial charge in [-0.2, -0.15) is 4.80 Å². The third-order valence-corrected chi connectivity index (χ3v) is 3.14. The molecule has 1 N–H and O–H groups in total. The van der Waals surface area contributed by atoms with E-state index in [0.29, 0.717) is 12.0 Å². The molecule has 0 bridgehead atoms. The Balaban J connectivity index is 1.94. The first kappa shape index (κ1) is 12.4. The molecular formula is C11H21N5O. The van der Waals surface area contributed by atoms with Crippen molar-refractivity contribution in [1.82, 2.24) is 25.5 Å². The van der Waals surface area contributed by atoms with Crippen molar-refractivity contribution in [3.63, 3.8) is 0 Å². The Morgan fingerprint density at radius 3 is 3.06 bits per heavy atom. The lowest BCUT2D eigenvalue weighted by Crippen LogP contribution is -2.39. The van der Waals surface area contributed by atoms with Crippen molar-refractivity contribution >= 4 is 0 Å². The summed E-state index contributed by atoms with van der Waals surface area (Å²) in [5.74, 6) is 1.39. The minimum Gasteiger partial charge on any atom is -0.381 e. The van der Waals surface area contributed by atoms with Crippen LogP contribution in [-0.4, -0.2) is 46.0 Å². The van der Waals surface area contributed by atoms with Crippen molar-refractivity contribution in [2.24, 2.45) is 13.0 Å². The molecular weight excluding hydrogens is 218 g/mol. The Bertz CT molecular complexity index is 334. The molecule has 17 heavy (non-hydrogen) atoms. The molecule has 96 valence electrons. The van der Waals surface area contributed by atoms with Crippen LogP contribution < -0.4 is 5.32 Å². The minimum absolute atomic E-state index is 0.404. The molecule has 1 aliphatic heterocycles. The molecule has 0 amide bonds. The second kappa shape index (κ2) is 6.07. The molecule has 6 nitrogen and oxygen atoms in total. The van der Waals surface area contributed by atoms with Crippen LogP contribution in [0, 0.1) is 5.92 Å². The van der Waals surface area contributed by atoms with E-state index in [4.69, 9.17) is 4.74 Å². The quantitative estimate of drug-likeness (QED) is 0.766. The molecule has 1 aromatic heterocycles. The summed E-state index contributed by atoms with van der Waals surface area (Å²) < 4.78 is 5.46. The lowest BCUT2D eigenvalue weighted by molar-refractivity contribution is 0.176. The van der Waals surface area contributed by atoms with E-state index in [2.05, 4.69) is 27.7 Å². The van der Waals surface area contributed by atoms with Gasteiger partial charge in [0, 0.05) is 25.0 Å². The van der Waals surface area contributed by atoms with Gasteiger partial charge in [-0.1, -0.05) is 6.92 Å². The highest BCUT2D eigenvalue weighted by atomic mass is 16.5. The van der Waals surface area contributed by atoms with Crippen LogP contribution in [0.1, 0.15) is 25.6 Å². The average molecular weight is 239 g/mol. The van der Waals surface area contributed by atoms with Gasteiger partial charge in [-0.15, -0.1) is 10.2 Å². The molecule has 1 saturated heterocycles. The molecule has 6 heteroatoms. The Hall–Kier alpha value is -1.01. The Morgan fingerprint density at radius 2 is 2.47 bits per heavy atom. The zero-order valence-corrected chi connectivity index (χ0v) is 10.6. The smallest absolute Gasteiger partial charge is 0.176 e. The van der Waals surface area contributed by atoms with Gasteiger partial charge in [0.15, 0.2) is 5.82 Å². The van der Waals surface area contributed by atoms with Gasteiger partial charge in [0.1, 0.15) is 0 Å². The number of hydrogen-bond acceptors (Lipinski definition) is 5. The molecule has 1 aliphatic rings. The number of aromatic nitrogens is 4. The first-order valence-electron chi connectivity index (χ1n) is 6.33.